The van der Waals surface area contributed by atoms with E-state index in [1.54, 1.807) is 30.3 Å². The van der Waals surface area contributed by atoms with E-state index in [2.05, 4.69) is 0 Å². The number of benzene rings is 2. The maximum absolute atomic E-state index is 12.2. The van der Waals surface area contributed by atoms with Crippen molar-refractivity contribution in [3.63, 3.8) is 0 Å². The van der Waals surface area contributed by atoms with Crippen molar-refractivity contribution < 1.29 is 19.0 Å². The summed E-state index contributed by atoms with van der Waals surface area (Å²) in [5.74, 6) is 1.14. The number of carbonyl (C=O) groups excluding carboxylic acids is 1. The Morgan fingerprint density at radius 1 is 1.24 bits per heavy atom. The fourth-order valence-corrected chi connectivity index (χ4v) is 2.26. The fraction of sp³-hybridized carbons (Fsp3) is 0.188. The molecule has 5 heteroatoms. The molecule has 0 aliphatic carbocycles. The van der Waals surface area contributed by atoms with E-state index in [1.807, 2.05) is 19.1 Å². The van der Waals surface area contributed by atoms with Gasteiger partial charge in [-0.05, 0) is 42.8 Å². The minimum absolute atomic E-state index is 0.127. The molecule has 1 heterocycles. The monoisotopic (exact) mass is 304 g/mol. The lowest BCUT2D eigenvalue weighted by Crippen LogP contribution is -2.39. The number of hydrogen-bond acceptors (Lipinski definition) is 4. The first-order valence-electron chi connectivity index (χ1n) is 6.50. The van der Waals surface area contributed by atoms with E-state index >= 15 is 0 Å². The summed E-state index contributed by atoms with van der Waals surface area (Å²) in [6, 6.07) is 12.3. The van der Waals surface area contributed by atoms with Gasteiger partial charge in [-0.3, -0.25) is 0 Å². The first-order valence-corrected chi connectivity index (χ1v) is 6.87. The lowest BCUT2D eigenvalue weighted by atomic mass is 10.2. The van der Waals surface area contributed by atoms with Gasteiger partial charge >= 0.3 is 5.97 Å². The van der Waals surface area contributed by atoms with E-state index in [1.165, 1.54) is 0 Å². The van der Waals surface area contributed by atoms with Crippen molar-refractivity contribution in [1.29, 1.82) is 0 Å². The van der Waals surface area contributed by atoms with Crippen LogP contribution in [0.5, 0.6) is 17.2 Å². The van der Waals surface area contributed by atoms with Crippen LogP contribution in [-0.2, 0) is 4.79 Å². The molecule has 108 valence electrons. The van der Waals surface area contributed by atoms with Crippen LogP contribution in [0.2, 0.25) is 5.02 Å². The molecule has 0 aromatic heterocycles. The van der Waals surface area contributed by atoms with E-state index in [-0.39, 0.29) is 6.61 Å². The number of para-hydroxylation sites is 2. The second-order valence-electron chi connectivity index (χ2n) is 4.70. The molecule has 0 radical (unpaired) electrons. The van der Waals surface area contributed by atoms with Gasteiger partial charge in [0.05, 0.1) is 0 Å². The van der Waals surface area contributed by atoms with Gasteiger partial charge in [0.15, 0.2) is 11.5 Å². The maximum atomic E-state index is 12.2. The third-order valence-electron chi connectivity index (χ3n) is 3.12. The summed E-state index contributed by atoms with van der Waals surface area (Å²) in [6.45, 7) is 1.95. The van der Waals surface area contributed by atoms with Gasteiger partial charge in [-0.2, -0.15) is 0 Å². The molecule has 1 atom stereocenters. The molecule has 4 nitrogen and oxygen atoms in total. The Morgan fingerprint density at radius 2 is 2.00 bits per heavy atom. The van der Waals surface area contributed by atoms with E-state index < -0.39 is 12.1 Å². The topological polar surface area (TPSA) is 44.8 Å². The lowest BCUT2D eigenvalue weighted by Gasteiger charge is -2.25. The van der Waals surface area contributed by atoms with Crippen LogP contribution in [0.1, 0.15) is 5.56 Å². The average Bonchev–Trinajstić information content (AvgIpc) is 2.49. The number of fused-ring (bicyclic) bond motifs is 1. The normalized spacial score (nSPS) is 16.4. The molecule has 2 aromatic carbocycles. The predicted molar refractivity (Wildman–Crippen MR) is 78.2 cm³/mol. The van der Waals surface area contributed by atoms with Gasteiger partial charge in [0.2, 0.25) is 6.10 Å². The maximum Gasteiger partial charge on any atom is 0.356 e. The highest BCUT2D eigenvalue weighted by atomic mass is 35.5. The van der Waals surface area contributed by atoms with Crippen LogP contribution in [0.25, 0.3) is 0 Å². The summed E-state index contributed by atoms with van der Waals surface area (Å²) in [7, 11) is 0. The zero-order chi connectivity index (χ0) is 14.8. The largest absolute Gasteiger partial charge is 0.485 e. The van der Waals surface area contributed by atoms with Gasteiger partial charge in [0, 0.05) is 5.02 Å². The van der Waals surface area contributed by atoms with E-state index in [4.69, 9.17) is 25.8 Å². The van der Waals surface area contributed by atoms with Gasteiger partial charge in [-0.25, -0.2) is 4.79 Å². The molecule has 3 rings (SSSR count). The van der Waals surface area contributed by atoms with Crippen LogP contribution >= 0.6 is 11.6 Å². The molecule has 0 bridgehead atoms. The van der Waals surface area contributed by atoms with Crippen LogP contribution in [0.3, 0.4) is 0 Å². The summed E-state index contributed by atoms with van der Waals surface area (Å²) in [4.78, 5) is 12.2. The third-order valence-corrected chi connectivity index (χ3v) is 3.35. The Kier molecular flexibility index (Phi) is 3.71. The highest BCUT2D eigenvalue weighted by Gasteiger charge is 2.29. The SMILES string of the molecule is Cc1cc(Cl)ccc1OC(=O)[C@@H]1COc2ccccc2O1. The van der Waals surface area contributed by atoms with Crippen molar-refractivity contribution in [3.05, 3.63) is 53.1 Å². The van der Waals surface area contributed by atoms with Crippen LogP contribution in [0, 0.1) is 6.92 Å². The van der Waals surface area contributed by atoms with Crippen molar-refractivity contribution >= 4 is 17.6 Å². The Balaban J connectivity index is 1.72. The molecule has 0 fully saturated rings. The third kappa shape index (κ3) is 2.95. The quantitative estimate of drug-likeness (QED) is 0.630. The Bertz CT molecular complexity index is 684. The van der Waals surface area contributed by atoms with Gasteiger partial charge in [0.25, 0.3) is 0 Å². The number of halogens is 1. The first-order chi connectivity index (χ1) is 10.1. The zero-order valence-corrected chi connectivity index (χ0v) is 12.1. The number of hydrogen-bond donors (Lipinski definition) is 0. The van der Waals surface area contributed by atoms with Crippen molar-refractivity contribution in [1.82, 2.24) is 0 Å². The molecule has 21 heavy (non-hydrogen) atoms. The molecule has 0 unspecified atom stereocenters. The van der Waals surface area contributed by atoms with Crippen molar-refractivity contribution in [2.75, 3.05) is 6.61 Å². The van der Waals surface area contributed by atoms with E-state index in [9.17, 15) is 4.79 Å². The van der Waals surface area contributed by atoms with Crippen molar-refractivity contribution in [2.45, 2.75) is 13.0 Å². The molecule has 0 N–H and O–H groups in total. The number of carbonyl (C=O) groups is 1. The second-order valence-corrected chi connectivity index (χ2v) is 5.13. The predicted octanol–water partition coefficient (Wildman–Crippen LogP) is 3.39. The highest BCUT2D eigenvalue weighted by Crippen LogP contribution is 2.31. The lowest BCUT2D eigenvalue weighted by molar-refractivity contribution is -0.144. The van der Waals surface area contributed by atoms with E-state index in [0.717, 1.165) is 5.56 Å². The summed E-state index contributed by atoms with van der Waals surface area (Å²) < 4.78 is 16.5. The van der Waals surface area contributed by atoms with Gasteiger partial charge in [-0.15, -0.1) is 0 Å². The summed E-state index contributed by atoms with van der Waals surface area (Å²) in [5.41, 5.74) is 0.785. The highest BCUT2D eigenvalue weighted by molar-refractivity contribution is 6.30. The van der Waals surface area contributed by atoms with Gasteiger partial charge in [0.1, 0.15) is 12.4 Å². The van der Waals surface area contributed by atoms with Gasteiger partial charge < -0.3 is 14.2 Å². The smallest absolute Gasteiger partial charge is 0.356 e. The number of rotatable bonds is 2. The minimum Gasteiger partial charge on any atom is -0.485 e. The first kappa shape index (κ1) is 13.8. The standard InChI is InChI=1S/C16H13ClO4/c1-10-8-11(17)6-7-12(10)21-16(18)15-9-19-13-4-2-3-5-14(13)20-15/h2-8,15H,9H2,1H3/t15-/m0/s1. The fourth-order valence-electron chi connectivity index (χ4n) is 2.04. The molecule has 1 aliphatic rings. The van der Waals surface area contributed by atoms with Crippen LogP contribution in [-0.4, -0.2) is 18.7 Å². The number of esters is 1. The summed E-state index contributed by atoms with van der Waals surface area (Å²) in [5, 5.41) is 0.596. The van der Waals surface area contributed by atoms with Crippen LogP contribution in [0.15, 0.2) is 42.5 Å². The molecule has 0 spiro atoms. The molecule has 2 aromatic rings. The number of aryl methyl sites for hydroxylation is 1. The second kappa shape index (κ2) is 5.66. The summed E-state index contributed by atoms with van der Waals surface area (Å²) >= 11 is 5.87. The number of ether oxygens (including phenoxy) is 3. The molecule has 1 aliphatic heterocycles. The van der Waals surface area contributed by atoms with Gasteiger partial charge in [-0.1, -0.05) is 23.7 Å². The molecule has 0 amide bonds. The Labute approximate surface area is 127 Å². The van der Waals surface area contributed by atoms with Crippen molar-refractivity contribution in [2.24, 2.45) is 0 Å². The molecule has 0 saturated carbocycles. The minimum atomic E-state index is -0.782. The Hall–Kier alpha value is -2.20. The van der Waals surface area contributed by atoms with Crippen molar-refractivity contribution in [3.8, 4) is 17.2 Å². The molecular formula is C16H13ClO4. The zero-order valence-electron chi connectivity index (χ0n) is 11.3. The van der Waals surface area contributed by atoms with Crippen LogP contribution < -0.4 is 14.2 Å². The average molecular weight is 305 g/mol. The molecule has 0 saturated heterocycles. The van der Waals surface area contributed by atoms with Crippen LogP contribution in [0.4, 0.5) is 0 Å². The Morgan fingerprint density at radius 3 is 2.76 bits per heavy atom. The van der Waals surface area contributed by atoms with E-state index in [0.29, 0.717) is 22.3 Å². The molecular weight excluding hydrogens is 292 g/mol. The summed E-state index contributed by atoms with van der Waals surface area (Å²) in [6.07, 6.45) is -0.782.